The van der Waals surface area contributed by atoms with Gasteiger partial charge in [0.1, 0.15) is 0 Å². The van der Waals surface area contributed by atoms with Crippen molar-refractivity contribution in [2.45, 2.75) is 12.8 Å². The summed E-state index contributed by atoms with van der Waals surface area (Å²) in [6, 6.07) is 0. The molecule has 1 unspecified atom stereocenters. The summed E-state index contributed by atoms with van der Waals surface area (Å²) < 4.78 is 45.6. The van der Waals surface area contributed by atoms with Crippen LogP contribution in [0.15, 0.2) is 0 Å². The summed E-state index contributed by atoms with van der Waals surface area (Å²) in [5, 5.41) is 4.73. The normalized spacial score (nSPS) is 27.4. The van der Waals surface area contributed by atoms with E-state index in [1.807, 2.05) is 0 Å². The molecule has 0 aliphatic carbocycles. The van der Waals surface area contributed by atoms with E-state index in [2.05, 4.69) is 4.72 Å². The van der Waals surface area contributed by atoms with E-state index in [9.17, 15) is 16.8 Å². The monoisotopic (exact) mass is 242 g/mol. The van der Waals surface area contributed by atoms with Crippen molar-refractivity contribution in [3.8, 4) is 0 Å². The van der Waals surface area contributed by atoms with Crippen molar-refractivity contribution in [1.82, 2.24) is 4.72 Å². The first-order valence-corrected chi connectivity index (χ1v) is 7.63. The standard InChI is InChI=1S/C6H14N2O4S2/c7-14(11,12)8-4-6-2-1-3-13(9,10)5-6/h6,8H,1-5H2,(H2,7,11,12). The molecular formula is C6H14N2O4S2. The molecule has 14 heavy (non-hydrogen) atoms. The fraction of sp³-hybridized carbons (Fsp3) is 1.00. The van der Waals surface area contributed by atoms with E-state index >= 15 is 0 Å². The molecule has 0 aromatic carbocycles. The molecule has 0 spiro atoms. The second-order valence-corrected chi connectivity index (χ2v) is 7.12. The molecule has 0 amide bonds. The molecule has 1 saturated heterocycles. The molecule has 0 aromatic rings. The summed E-state index contributed by atoms with van der Waals surface area (Å²) in [7, 11) is -6.68. The largest absolute Gasteiger partial charge is 0.274 e. The topological polar surface area (TPSA) is 106 Å². The molecule has 0 radical (unpaired) electrons. The molecule has 1 heterocycles. The lowest BCUT2D eigenvalue weighted by Crippen LogP contribution is -2.38. The molecule has 1 fully saturated rings. The number of hydrogen-bond donors (Lipinski definition) is 2. The molecule has 84 valence electrons. The van der Waals surface area contributed by atoms with Crippen LogP contribution in [-0.2, 0) is 20.0 Å². The Morgan fingerprint density at radius 1 is 1.43 bits per heavy atom. The molecule has 1 aliphatic rings. The summed E-state index contributed by atoms with van der Waals surface area (Å²) in [4.78, 5) is 0. The fourth-order valence-electron chi connectivity index (χ4n) is 1.51. The second-order valence-electron chi connectivity index (χ2n) is 3.52. The first-order valence-electron chi connectivity index (χ1n) is 4.26. The van der Waals surface area contributed by atoms with Crippen LogP contribution in [0.5, 0.6) is 0 Å². The zero-order chi connectivity index (χ0) is 10.8. The van der Waals surface area contributed by atoms with Gasteiger partial charge in [-0.25, -0.2) is 18.3 Å². The average Bonchev–Trinajstić information content (AvgIpc) is 1.98. The van der Waals surface area contributed by atoms with Crippen LogP contribution >= 0.6 is 0 Å². The third-order valence-corrected chi connectivity index (χ3v) is 4.59. The lowest BCUT2D eigenvalue weighted by atomic mass is 10.1. The van der Waals surface area contributed by atoms with Crippen LogP contribution in [0.3, 0.4) is 0 Å². The minimum Gasteiger partial charge on any atom is -0.229 e. The van der Waals surface area contributed by atoms with Crippen molar-refractivity contribution in [1.29, 1.82) is 0 Å². The third kappa shape index (κ3) is 4.36. The minimum atomic E-state index is -3.71. The Morgan fingerprint density at radius 3 is 2.57 bits per heavy atom. The number of rotatable bonds is 3. The van der Waals surface area contributed by atoms with Crippen molar-refractivity contribution in [3.05, 3.63) is 0 Å². The highest BCUT2D eigenvalue weighted by atomic mass is 32.2. The van der Waals surface area contributed by atoms with Gasteiger partial charge in [-0.3, -0.25) is 0 Å². The van der Waals surface area contributed by atoms with Crippen LogP contribution in [0.25, 0.3) is 0 Å². The highest BCUT2D eigenvalue weighted by molar-refractivity contribution is 7.91. The summed E-state index contributed by atoms with van der Waals surface area (Å²) in [6.45, 7) is 0.109. The minimum absolute atomic E-state index is 0.0511. The van der Waals surface area contributed by atoms with Crippen molar-refractivity contribution in [2.75, 3.05) is 18.1 Å². The van der Waals surface area contributed by atoms with E-state index in [0.29, 0.717) is 6.42 Å². The third-order valence-electron chi connectivity index (χ3n) is 2.13. The maximum atomic E-state index is 11.2. The molecule has 0 aromatic heterocycles. The fourth-order valence-corrected chi connectivity index (χ4v) is 3.76. The maximum absolute atomic E-state index is 11.2. The second kappa shape index (κ2) is 4.13. The molecule has 3 N–H and O–H groups in total. The number of sulfone groups is 1. The molecule has 8 heteroatoms. The van der Waals surface area contributed by atoms with Gasteiger partial charge in [-0.2, -0.15) is 8.42 Å². The summed E-state index contributed by atoms with van der Waals surface area (Å²) in [6.07, 6.45) is 1.32. The Hall–Kier alpha value is -0.180. The summed E-state index contributed by atoms with van der Waals surface area (Å²) in [5.74, 6) is 0.112. The summed E-state index contributed by atoms with van der Waals surface area (Å²) in [5.41, 5.74) is 0. The van der Waals surface area contributed by atoms with Crippen molar-refractivity contribution in [3.63, 3.8) is 0 Å². The smallest absolute Gasteiger partial charge is 0.229 e. The van der Waals surface area contributed by atoms with Gasteiger partial charge in [0.05, 0.1) is 11.5 Å². The first kappa shape index (κ1) is 11.9. The number of nitrogens with one attached hydrogen (secondary N) is 1. The van der Waals surface area contributed by atoms with Crippen molar-refractivity contribution in [2.24, 2.45) is 11.1 Å². The molecule has 1 rings (SSSR count). The van der Waals surface area contributed by atoms with E-state index in [1.165, 1.54) is 0 Å². The van der Waals surface area contributed by atoms with Gasteiger partial charge in [0.25, 0.3) is 10.2 Å². The van der Waals surface area contributed by atoms with Gasteiger partial charge in [0, 0.05) is 6.54 Å². The molecule has 6 nitrogen and oxygen atoms in total. The predicted molar refractivity (Wildman–Crippen MR) is 52.5 cm³/mol. The van der Waals surface area contributed by atoms with Crippen LogP contribution in [0.4, 0.5) is 0 Å². The Kier molecular flexibility index (Phi) is 3.51. The van der Waals surface area contributed by atoms with Gasteiger partial charge in [-0.05, 0) is 18.8 Å². The Morgan fingerprint density at radius 2 is 2.07 bits per heavy atom. The highest BCUT2D eigenvalue weighted by Crippen LogP contribution is 2.17. The zero-order valence-electron chi connectivity index (χ0n) is 7.64. The molecular weight excluding hydrogens is 228 g/mol. The van der Waals surface area contributed by atoms with E-state index in [4.69, 9.17) is 5.14 Å². The lowest BCUT2D eigenvalue weighted by Gasteiger charge is -2.21. The van der Waals surface area contributed by atoms with Crippen LogP contribution < -0.4 is 9.86 Å². The maximum Gasteiger partial charge on any atom is 0.274 e. The predicted octanol–water partition coefficient (Wildman–Crippen LogP) is -1.40. The van der Waals surface area contributed by atoms with Gasteiger partial charge >= 0.3 is 0 Å². The van der Waals surface area contributed by atoms with Crippen LogP contribution in [0, 0.1) is 5.92 Å². The van der Waals surface area contributed by atoms with Crippen LogP contribution in [0.2, 0.25) is 0 Å². The quantitative estimate of drug-likeness (QED) is 0.635. The number of nitrogens with two attached hydrogens (primary N) is 1. The van der Waals surface area contributed by atoms with Crippen molar-refractivity contribution < 1.29 is 16.8 Å². The van der Waals surface area contributed by atoms with E-state index in [-0.39, 0.29) is 24.0 Å². The summed E-state index contributed by atoms with van der Waals surface area (Å²) >= 11 is 0. The first-order chi connectivity index (χ1) is 6.29. The van der Waals surface area contributed by atoms with E-state index in [1.54, 1.807) is 0 Å². The molecule has 1 aliphatic heterocycles. The van der Waals surface area contributed by atoms with E-state index < -0.39 is 20.0 Å². The molecule has 0 bridgehead atoms. The Bertz CT molecular complexity index is 386. The molecule has 1 atom stereocenters. The number of hydrogen-bond acceptors (Lipinski definition) is 4. The lowest BCUT2D eigenvalue weighted by molar-refractivity contribution is 0.475. The van der Waals surface area contributed by atoms with Gasteiger partial charge in [-0.15, -0.1) is 0 Å². The Labute approximate surface area is 84.0 Å². The Balaban J connectivity index is 2.47. The van der Waals surface area contributed by atoms with Gasteiger partial charge in [0.15, 0.2) is 9.84 Å². The van der Waals surface area contributed by atoms with Crippen LogP contribution in [-0.4, -0.2) is 34.9 Å². The SMILES string of the molecule is NS(=O)(=O)NCC1CCCS(=O)(=O)C1. The van der Waals surface area contributed by atoms with Gasteiger partial charge in [-0.1, -0.05) is 0 Å². The van der Waals surface area contributed by atoms with E-state index in [0.717, 1.165) is 6.42 Å². The zero-order valence-corrected chi connectivity index (χ0v) is 9.27. The van der Waals surface area contributed by atoms with Crippen molar-refractivity contribution >= 4 is 20.0 Å². The van der Waals surface area contributed by atoms with Crippen LogP contribution in [0.1, 0.15) is 12.8 Å². The highest BCUT2D eigenvalue weighted by Gasteiger charge is 2.25. The average molecular weight is 242 g/mol. The molecule has 0 saturated carbocycles. The van der Waals surface area contributed by atoms with Gasteiger partial charge < -0.3 is 0 Å². The van der Waals surface area contributed by atoms with Gasteiger partial charge in [0.2, 0.25) is 0 Å².